The van der Waals surface area contributed by atoms with E-state index in [9.17, 15) is 9.90 Å². The van der Waals surface area contributed by atoms with Crippen LogP contribution in [0.25, 0.3) is 0 Å². The predicted molar refractivity (Wildman–Crippen MR) is 99.8 cm³/mol. The minimum absolute atomic E-state index is 0.117. The topological polar surface area (TPSA) is 83.3 Å². The van der Waals surface area contributed by atoms with E-state index >= 15 is 0 Å². The summed E-state index contributed by atoms with van der Waals surface area (Å²) >= 11 is 0. The number of nitrogens with one attached hydrogen (secondary N) is 1. The first kappa shape index (κ1) is 18.4. The molecule has 1 atom stereocenters. The molecule has 0 saturated carbocycles. The van der Waals surface area contributed by atoms with E-state index in [0.717, 1.165) is 18.5 Å². The zero-order valence-electron chi connectivity index (χ0n) is 15.6. The van der Waals surface area contributed by atoms with Gasteiger partial charge in [0.2, 0.25) is 0 Å². The lowest BCUT2D eigenvalue weighted by atomic mass is 9.89. The number of aryl methyl sites for hydroxylation is 1. The van der Waals surface area contributed by atoms with E-state index in [1.165, 1.54) is 0 Å². The third-order valence-corrected chi connectivity index (χ3v) is 4.99. The molecule has 0 aromatic carbocycles. The molecule has 26 heavy (non-hydrogen) atoms. The number of carbonyl (C=O) groups excluding carboxylic acids is 1. The quantitative estimate of drug-likeness (QED) is 0.881. The summed E-state index contributed by atoms with van der Waals surface area (Å²) in [5.41, 5.74) is 1.66. The van der Waals surface area contributed by atoms with Crippen LogP contribution in [0.15, 0.2) is 30.5 Å². The van der Waals surface area contributed by atoms with Crippen LogP contribution in [-0.4, -0.2) is 43.9 Å². The van der Waals surface area contributed by atoms with Gasteiger partial charge in [-0.25, -0.2) is 4.79 Å². The van der Waals surface area contributed by atoms with Gasteiger partial charge in [0, 0.05) is 32.4 Å². The SMILES string of the molecule is CC(C)c1cc(NC(=O)N2CCC(C(O)c3ccccn3)CC2)n(C)n1. The molecule has 1 fully saturated rings. The molecular formula is C19H27N5O2. The van der Waals surface area contributed by atoms with Crippen LogP contribution in [0.4, 0.5) is 10.6 Å². The highest BCUT2D eigenvalue weighted by molar-refractivity contribution is 5.88. The second-order valence-corrected chi connectivity index (χ2v) is 7.19. The molecule has 3 heterocycles. The molecule has 1 unspecified atom stereocenters. The van der Waals surface area contributed by atoms with Gasteiger partial charge in [-0.2, -0.15) is 5.10 Å². The second-order valence-electron chi connectivity index (χ2n) is 7.19. The molecular weight excluding hydrogens is 330 g/mol. The summed E-state index contributed by atoms with van der Waals surface area (Å²) in [5.74, 6) is 1.14. The van der Waals surface area contributed by atoms with Gasteiger partial charge in [0.05, 0.1) is 17.5 Å². The van der Waals surface area contributed by atoms with Crippen LogP contribution < -0.4 is 5.32 Å². The number of aromatic nitrogens is 3. The van der Waals surface area contributed by atoms with E-state index in [1.807, 2.05) is 31.3 Å². The fraction of sp³-hybridized carbons (Fsp3) is 0.526. The zero-order valence-corrected chi connectivity index (χ0v) is 15.6. The van der Waals surface area contributed by atoms with E-state index in [0.29, 0.717) is 30.5 Å². The van der Waals surface area contributed by atoms with Gasteiger partial charge in [-0.1, -0.05) is 19.9 Å². The Morgan fingerprint density at radius 3 is 2.58 bits per heavy atom. The summed E-state index contributed by atoms with van der Waals surface area (Å²) in [5, 5.41) is 17.9. The smallest absolute Gasteiger partial charge is 0.322 e. The van der Waals surface area contributed by atoms with E-state index in [4.69, 9.17) is 0 Å². The van der Waals surface area contributed by atoms with Crippen molar-refractivity contribution in [3.63, 3.8) is 0 Å². The Morgan fingerprint density at radius 1 is 1.27 bits per heavy atom. The highest BCUT2D eigenvalue weighted by Gasteiger charge is 2.29. The first-order chi connectivity index (χ1) is 12.5. The number of aliphatic hydroxyl groups is 1. The summed E-state index contributed by atoms with van der Waals surface area (Å²) in [6.45, 7) is 5.39. The summed E-state index contributed by atoms with van der Waals surface area (Å²) in [4.78, 5) is 18.6. The average molecular weight is 357 g/mol. The van der Waals surface area contributed by atoms with Crippen LogP contribution in [0.3, 0.4) is 0 Å². The van der Waals surface area contributed by atoms with Crippen molar-refractivity contribution in [1.29, 1.82) is 0 Å². The number of hydrogen-bond acceptors (Lipinski definition) is 4. The van der Waals surface area contributed by atoms with Crippen LogP contribution in [-0.2, 0) is 7.05 Å². The van der Waals surface area contributed by atoms with Gasteiger partial charge in [0.1, 0.15) is 5.82 Å². The number of carbonyl (C=O) groups is 1. The summed E-state index contributed by atoms with van der Waals surface area (Å²) < 4.78 is 1.70. The van der Waals surface area contributed by atoms with Crippen LogP contribution in [0.2, 0.25) is 0 Å². The zero-order chi connectivity index (χ0) is 18.7. The number of piperidine rings is 1. The Labute approximate surface area is 154 Å². The highest BCUT2D eigenvalue weighted by atomic mass is 16.3. The molecule has 2 N–H and O–H groups in total. The molecule has 140 valence electrons. The number of rotatable bonds is 4. The molecule has 1 saturated heterocycles. The maximum absolute atomic E-state index is 12.5. The van der Waals surface area contributed by atoms with Crippen LogP contribution in [0.1, 0.15) is 50.1 Å². The lowest BCUT2D eigenvalue weighted by Gasteiger charge is -2.34. The minimum atomic E-state index is -0.577. The standard InChI is InChI=1S/C19H27N5O2/c1-13(2)16-12-17(23(3)22-16)21-19(26)24-10-7-14(8-11-24)18(25)15-6-4-5-9-20-15/h4-6,9,12-14,18,25H,7-8,10-11H2,1-3H3,(H,21,26). The Bertz CT molecular complexity index is 736. The third kappa shape index (κ3) is 4.04. The highest BCUT2D eigenvalue weighted by Crippen LogP contribution is 2.30. The van der Waals surface area contributed by atoms with Crippen molar-refractivity contribution in [3.05, 3.63) is 41.9 Å². The van der Waals surface area contributed by atoms with Gasteiger partial charge in [-0.3, -0.25) is 15.0 Å². The molecule has 0 aliphatic carbocycles. The molecule has 0 radical (unpaired) electrons. The van der Waals surface area contributed by atoms with Crippen LogP contribution in [0.5, 0.6) is 0 Å². The fourth-order valence-electron chi connectivity index (χ4n) is 3.29. The van der Waals surface area contributed by atoms with Crippen molar-refractivity contribution in [2.75, 3.05) is 18.4 Å². The van der Waals surface area contributed by atoms with E-state index in [1.54, 1.807) is 15.8 Å². The van der Waals surface area contributed by atoms with Crippen molar-refractivity contribution in [2.45, 2.75) is 38.7 Å². The number of amides is 2. The molecule has 2 amide bonds. The third-order valence-electron chi connectivity index (χ3n) is 4.99. The summed E-state index contributed by atoms with van der Waals surface area (Å²) in [6.07, 6.45) is 2.63. The average Bonchev–Trinajstić information content (AvgIpc) is 3.03. The van der Waals surface area contributed by atoms with Crippen molar-refractivity contribution >= 4 is 11.8 Å². The molecule has 3 rings (SSSR count). The van der Waals surface area contributed by atoms with Gasteiger partial charge < -0.3 is 10.0 Å². The molecule has 2 aromatic heterocycles. The number of nitrogens with zero attached hydrogens (tertiary/aromatic N) is 4. The van der Waals surface area contributed by atoms with Crippen molar-refractivity contribution in [3.8, 4) is 0 Å². The van der Waals surface area contributed by atoms with Crippen molar-refractivity contribution in [2.24, 2.45) is 13.0 Å². The molecule has 2 aromatic rings. The number of anilines is 1. The van der Waals surface area contributed by atoms with Gasteiger partial charge in [-0.15, -0.1) is 0 Å². The maximum atomic E-state index is 12.5. The van der Waals surface area contributed by atoms with Gasteiger partial charge >= 0.3 is 6.03 Å². The Balaban J connectivity index is 1.55. The fourth-order valence-corrected chi connectivity index (χ4v) is 3.29. The largest absolute Gasteiger partial charge is 0.387 e. The number of hydrogen-bond donors (Lipinski definition) is 2. The number of aliphatic hydroxyl groups excluding tert-OH is 1. The number of likely N-dealkylation sites (tertiary alicyclic amines) is 1. The molecule has 1 aliphatic heterocycles. The van der Waals surface area contributed by atoms with E-state index in [2.05, 4.69) is 29.2 Å². The molecule has 0 bridgehead atoms. The van der Waals surface area contributed by atoms with Crippen molar-refractivity contribution < 1.29 is 9.90 Å². The monoisotopic (exact) mass is 357 g/mol. The van der Waals surface area contributed by atoms with Gasteiger partial charge in [0.15, 0.2) is 0 Å². The first-order valence-electron chi connectivity index (χ1n) is 9.14. The molecule has 7 nitrogen and oxygen atoms in total. The summed E-state index contributed by atoms with van der Waals surface area (Å²) in [7, 11) is 1.83. The normalized spacial score (nSPS) is 16.7. The molecule has 0 spiro atoms. The van der Waals surface area contributed by atoms with Crippen LogP contribution in [0, 0.1) is 5.92 Å². The molecule has 7 heteroatoms. The van der Waals surface area contributed by atoms with Crippen molar-refractivity contribution in [1.82, 2.24) is 19.7 Å². The maximum Gasteiger partial charge on any atom is 0.322 e. The number of urea groups is 1. The Hall–Kier alpha value is -2.41. The summed E-state index contributed by atoms with van der Waals surface area (Å²) in [6, 6.07) is 7.37. The minimum Gasteiger partial charge on any atom is -0.387 e. The predicted octanol–water partition coefficient (Wildman–Crippen LogP) is 2.92. The number of pyridine rings is 1. The van der Waals surface area contributed by atoms with Gasteiger partial charge in [-0.05, 0) is 36.8 Å². The molecule has 1 aliphatic rings. The Kier molecular flexibility index (Phi) is 5.56. The Morgan fingerprint density at radius 2 is 2.00 bits per heavy atom. The lowest BCUT2D eigenvalue weighted by Crippen LogP contribution is -2.42. The van der Waals surface area contributed by atoms with E-state index in [-0.39, 0.29) is 11.9 Å². The second kappa shape index (κ2) is 7.86. The lowest BCUT2D eigenvalue weighted by molar-refractivity contribution is 0.0652. The van der Waals surface area contributed by atoms with E-state index < -0.39 is 6.10 Å². The van der Waals surface area contributed by atoms with Gasteiger partial charge in [0.25, 0.3) is 0 Å². The van der Waals surface area contributed by atoms with Crippen LogP contribution >= 0.6 is 0 Å². The first-order valence-corrected chi connectivity index (χ1v) is 9.14.